The molecule has 6 nitrogen and oxygen atoms in total. The number of aromatic nitrogens is 2. The second kappa shape index (κ2) is 7.84. The monoisotopic (exact) mass is 376 g/mol. The number of rotatable bonds is 4. The molecule has 144 valence electrons. The van der Waals surface area contributed by atoms with Gasteiger partial charge < -0.3 is 10.2 Å². The first-order valence-electron chi connectivity index (χ1n) is 9.74. The smallest absolute Gasteiger partial charge is 0.290 e. The number of piperidine rings is 1. The van der Waals surface area contributed by atoms with Gasteiger partial charge in [-0.1, -0.05) is 30.3 Å². The van der Waals surface area contributed by atoms with Crippen LogP contribution in [-0.2, 0) is 6.54 Å². The molecule has 4 rings (SSSR count). The zero-order valence-electron chi connectivity index (χ0n) is 16.0. The minimum atomic E-state index is -0.273. The van der Waals surface area contributed by atoms with E-state index in [1.807, 2.05) is 54.3 Å². The highest BCUT2D eigenvalue weighted by Gasteiger charge is 2.26. The van der Waals surface area contributed by atoms with Gasteiger partial charge in [0.25, 0.3) is 11.8 Å². The van der Waals surface area contributed by atoms with Crippen LogP contribution in [0, 0.1) is 6.92 Å². The van der Waals surface area contributed by atoms with E-state index in [-0.39, 0.29) is 17.5 Å². The predicted octanol–water partition coefficient (Wildman–Crippen LogP) is 3.20. The highest BCUT2D eigenvalue weighted by molar-refractivity contribution is 6.02. The van der Waals surface area contributed by atoms with Crippen LogP contribution in [0.15, 0.2) is 48.7 Å². The fraction of sp³-hybridized carbons (Fsp3) is 0.318. The summed E-state index contributed by atoms with van der Waals surface area (Å²) in [6.07, 6.45) is 4.97. The van der Waals surface area contributed by atoms with Gasteiger partial charge in [0.05, 0.1) is 5.52 Å². The van der Waals surface area contributed by atoms with Gasteiger partial charge in [0.15, 0.2) is 5.69 Å². The molecule has 1 aromatic carbocycles. The van der Waals surface area contributed by atoms with Crippen LogP contribution in [0.1, 0.15) is 51.5 Å². The molecule has 1 saturated heterocycles. The van der Waals surface area contributed by atoms with E-state index in [1.165, 1.54) is 0 Å². The minimum absolute atomic E-state index is 0.112. The predicted molar refractivity (Wildman–Crippen MR) is 107 cm³/mol. The van der Waals surface area contributed by atoms with Crippen molar-refractivity contribution < 1.29 is 9.59 Å². The van der Waals surface area contributed by atoms with Crippen molar-refractivity contribution in [3.05, 3.63) is 71.3 Å². The maximum absolute atomic E-state index is 13.0. The summed E-state index contributed by atoms with van der Waals surface area (Å²) < 4.78 is 1.72. The molecule has 2 amide bonds. The Bertz CT molecular complexity index is 1020. The average molecular weight is 376 g/mol. The zero-order chi connectivity index (χ0) is 19.5. The summed E-state index contributed by atoms with van der Waals surface area (Å²) in [4.78, 5) is 32.1. The molecule has 0 bridgehead atoms. The summed E-state index contributed by atoms with van der Waals surface area (Å²) in [5.41, 5.74) is 3.11. The van der Waals surface area contributed by atoms with Crippen molar-refractivity contribution in [1.82, 2.24) is 19.6 Å². The molecule has 1 aliphatic heterocycles. The van der Waals surface area contributed by atoms with Gasteiger partial charge in [-0.3, -0.25) is 14.0 Å². The van der Waals surface area contributed by atoms with Gasteiger partial charge in [-0.15, -0.1) is 0 Å². The Hall–Kier alpha value is -3.15. The third-order valence-electron chi connectivity index (χ3n) is 5.30. The van der Waals surface area contributed by atoms with Crippen LogP contribution in [0.5, 0.6) is 0 Å². The fourth-order valence-corrected chi connectivity index (χ4v) is 3.66. The second-order valence-corrected chi connectivity index (χ2v) is 7.20. The van der Waals surface area contributed by atoms with Crippen LogP contribution in [0.2, 0.25) is 0 Å². The number of nitrogens with one attached hydrogen (secondary N) is 1. The minimum Gasteiger partial charge on any atom is -0.347 e. The number of fused-ring (bicyclic) bond motifs is 1. The Morgan fingerprint density at radius 2 is 1.79 bits per heavy atom. The summed E-state index contributed by atoms with van der Waals surface area (Å²) in [7, 11) is 0. The maximum atomic E-state index is 13.0. The lowest BCUT2D eigenvalue weighted by atomic mass is 10.1. The second-order valence-electron chi connectivity index (χ2n) is 7.20. The first-order valence-corrected chi connectivity index (χ1v) is 9.74. The van der Waals surface area contributed by atoms with Crippen LogP contribution in [-0.4, -0.2) is 39.2 Å². The first-order chi connectivity index (χ1) is 13.6. The Balaban J connectivity index is 1.61. The van der Waals surface area contributed by atoms with E-state index in [2.05, 4.69) is 10.3 Å². The van der Waals surface area contributed by atoms with Crippen molar-refractivity contribution in [2.24, 2.45) is 0 Å². The van der Waals surface area contributed by atoms with Gasteiger partial charge in [-0.25, -0.2) is 4.98 Å². The molecule has 1 fully saturated rings. The van der Waals surface area contributed by atoms with Crippen LogP contribution < -0.4 is 5.32 Å². The number of nitrogens with zero attached hydrogens (tertiary/aromatic N) is 3. The van der Waals surface area contributed by atoms with E-state index in [0.29, 0.717) is 17.9 Å². The zero-order valence-corrected chi connectivity index (χ0v) is 16.0. The molecule has 6 heteroatoms. The number of hydrogen-bond acceptors (Lipinski definition) is 3. The lowest BCUT2D eigenvalue weighted by molar-refractivity contribution is 0.0711. The van der Waals surface area contributed by atoms with Crippen LogP contribution >= 0.6 is 0 Å². The van der Waals surface area contributed by atoms with Crippen molar-refractivity contribution in [2.75, 3.05) is 13.1 Å². The molecule has 0 saturated carbocycles. The van der Waals surface area contributed by atoms with Crippen molar-refractivity contribution in [1.29, 1.82) is 0 Å². The molecule has 28 heavy (non-hydrogen) atoms. The third kappa shape index (κ3) is 3.50. The Morgan fingerprint density at radius 3 is 2.57 bits per heavy atom. The molecule has 0 radical (unpaired) electrons. The normalized spacial score (nSPS) is 14.2. The van der Waals surface area contributed by atoms with Crippen molar-refractivity contribution in [3.8, 4) is 0 Å². The SMILES string of the molecule is Cc1ccccc1CNC(=O)c1nc(C(=O)N2CCCCC2)n2ccccc12. The summed E-state index contributed by atoms with van der Waals surface area (Å²) in [6, 6.07) is 13.5. The van der Waals surface area contributed by atoms with E-state index in [0.717, 1.165) is 43.5 Å². The molecule has 1 aliphatic rings. The number of imidazole rings is 1. The van der Waals surface area contributed by atoms with Crippen LogP contribution in [0.3, 0.4) is 0 Å². The topological polar surface area (TPSA) is 66.7 Å². The molecule has 0 unspecified atom stereocenters. The molecule has 3 aromatic rings. The van der Waals surface area contributed by atoms with Gasteiger partial charge in [0.1, 0.15) is 0 Å². The first kappa shape index (κ1) is 18.2. The van der Waals surface area contributed by atoms with Gasteiger partial charge in [0.2, 0.25) is 5.82 Å². The third-order valence-corrected chi connectivity index (χ3v) is 5.30. The molecule has 3 heterocycles. The number of carbonyl (C=O) groups excluding carboxylic acids is 2. The number of aryl methyl sites for hydroxylation is 1. The molecule has 0 atom stereocenters. The van der Waals surface area contributed by atoms with E-state index in [4.69, 9.17) is 0 Å². The number of hydrogen-bond donors (Lipinski definition) is 1. The van der Waals surface area contributed by atoms with Gasteiger partial charge >= 0.3 is 0 Å². The van der Waals surface area contributed by atoms with Crippen LogP contribution in [0.4, 0.5) is 0 Å². The largest absolute Gasteiger partial charge is 0.347 e. The van der Waals surface area contributed by atoms with Gasteiger partial charge in [-0.2, -0.15) is 0 Å². The highest BCUT2D eigenvalue weighted by atomic mass is 16.2. The van der Waals surface area contributed by atoms with E-state index in [1.54, 1.807) is 10.6 Å². The standard InChI is InChI=1S/C22H24N4O2/c1-16-9-3-4-10-17(16)15-23-21(27)19-18-11-5-8-14-26(18)20(24-19)22(28)25-12-6-2-7-13-25/h3-5,8-11,14H,2,6-7,12-13,15H2,1H3,(H,23,27). The Labute approximate surface area is 164 Å². The molecule has 1 N–H and O–H groups in total. The van der Waals surface area contributed by atoms with E-state index < -0.39 is 0 Å². The lowest BCUT2D eigenvalue weighted by Crippen LogP contribution is -2.36. The molecular formula is C22H24N4O2. The number of pyridine rings is 1. The van der Waals surface area contributed by atoms with Gasteiger partial charge in [0, 0.05) is 25.8 Å². The number of amides is 2. The lowest BCUT2D eigenvalue weighted by Gasteiger charge is -2.25. The molecular weight excluding hydrogens is 352 g/mol. The molecule has 2 aromatic heterocycles. The van der Waals surface area contributed by atoms with Gasteiger partial charge in [-0.05, 0) is 49.4 Å². The average Bonchev–Trinajstić information content (AvgIpc) is 3.13. The summed E-state index contributed by atoms with van der Waals surface area (Å²) in [6.45, 7) is 3.93. The van der Waals surface area contributed by atoms with Crippen molar-refractivity contribution >= 4 is 17.3 Å². The highest BCUT2D eigenvalue weighted by Crippen LogP contribution is 2.18. The van der Waals surface area contributed by atoms with Crippen LogP contribution in [0.25, 0.3) is 5.52 Å². The molecule has 0 aliphatic carbocycles. The summed E-state index contributed by atoms with van der Waals surface area (Å²) >= 11 is 0. The maximum Gasteiger partial charge on any atom is 0.290 e. The summed E-state index contributed by atoms with van der Waals surface area (Å²) in [5, 5.41) is 2.94. The van der Waals surface area contributed by atoms with E-state index in [9.17, 15) is 9.59 Å². The number of carbonyl (C=O) groups is 2. The molecule has 0 spiro atoms. The number of benzene rings is 1. The fourth-order valence-electron chi connectivity index (χ4n) is 3.66. The summed E-state index contributed by atoms with van der Waals surface area (Å²) in [5.74, 6) is -0.0814. The number of likely N-dealkylation sites (tertiary alicyclic amines) is 1. The Kier molecular flexibility index (Phi) is 5.10. The Morgan fingerprint density at radius 1 is 1.04 bits per heavy atom. The van der Waals surface area contributed by atoms with Crippen molar-refractivity contribution in [2.45, 2.75) is 32.7 Å². The van der Waals surface area contributed by atoms with Crippen molar-refractivity contribution in [3.63, 3.8) is 0 Å². The van der Waals surface area contributed by atoms with E-state index >= 15 is 0 Å². The quantitative estimate of drug-likeness (QED) is 0.760.